The fraction of sp³-hybridized carbons (Fsp3) is 0.357. The van der Waals surface area contributed by atoms with E-state index in [1.54, 1.807) is 19.1 Å². The van der Waals surface area contributed by atoms with Gasteiger partial charge >= 0.3 is 0 Å². The van der Waals surface area contributed by atoms with E-state index < -0.39 is 5.79 Å². The normalized spacial score (nSPS) is 24.7. The largest absolute Gasteiger partial charge is 0.379 e. The van der Waals surface area contributed by atoms with Gasteiger partial charge in [-0.2, -0.15) is 0 Å². The van der Waals surface area contributed by atoms with Gasteiger partial charge in [0, 0.05) is 19.4 Å². The van der Waals surface area contributed by atoms with Crippen LogP contribution in [0.2, 0.25) is 0 Å². The molecule has 2 aromatic rings. The Morgan fingerprint density at radius 1 is 1.12 bits per heavy atom. The molecule has 2 fully saturated rings. The molecule has 0 radical (unpaired) electrons. The van der Waals surface area contributed by atoms with Crippen molar-refractivity contribution in [2.45, 2.75) is 50.6 Å². The van der Waals surface area contributed by atoms with Crippen LogP contribution in [0.15, 0.2) is 96.9 Å². The second-order valence-corrected chi connectivity index (χ2v) is 8.90. The van der Waals surface area contributed by atoms with E-state index in [-0.39, 0.29) is 28.7 Å². The molecular formula is C28H32N2O4. The highest BCUT2D eigenvalue weighted by atomic mass is 16.8. The number of nitrogens with zero attached hydrogens (tertiary/aromatic N) is 1. The van der Waals surface area contributed by atoms with Gasteiger partial charge in [-0.3, -0.25) is 10.1 Å². The van der Waals surface area contributed by atoms with Gasteiger partial charge in [0.05, 0.1) is 4.92 Å². The van der Waals surface area contributed by atoms with Crippen LogP contribution in [0.25, 0.3) is 0 Å². The molecule has 1 saturated heterocycles. The fourth-order valence-corrected chi connectivity index (χ4v) is 5.04. The van der Waals surface area contributed by atoms with Crippen LogP contribution in [0.5, 0.6) is 0 Å². The van der Waals surface area contributed by atoms with E-state index in [1.807, 2.05) is 36.4 Å². The maximum atomic E-state index is 11.4. The van der Waals surface area contributed by atoms with Crippen LogP contribution in [0.1, 0.15) is 55.9 Å². The molecule has 1 spiro atoms. The van der Waals surface area contributed by atoms with Crippen molar-refractivity contribution in [2.24, 2.45) is 5.92 Å². The number of nitrogens with one attached hydrogen (secondary N) is 1. The van der Waals surface area contributed by atoms with Crippen LogP contribution in [0.4, 0.5) is 0 Å². The molecule has 2 aromatic carbocycles. The number of nitro groups is 1. The van der Waals surface area contributed by atoms with E-state index in [2.05, 4.69) is 36.2 Å². The minimum absolute atomic E-state index is 0.0482. The number of rotatable bonds is 8. The quantitative estimate of drug-likeness (QED) is 0.287. The first kappa shape index (κ1) is 23.9. The average Bonchev–Trinajstić information content (AvgIpc) is 3.22. The summed E-state index contributed by atoms with van der Waals surface area (Å²) in [6.07, 6.45) is 7.90. The number of benzene rings is 2. The van der Waals surface area contributed by atoms with Crippen molar-refractivity contribution in [3.05, 3.63) is 118 Å². The first-order chi connectivity index (χ1) is 16.5. The molecule has 1 aliphatic carbocycles. The second-order valence-electron chi connectivity index (χ2n) is 8.90. The average molecular weight is 461 g/mol. The van der Waals surface area contributed by atoms with Crippen molar-refractivity contribution >= 4 is 0 Å². The van der Waals surface area contributed by atoms with Gasteiger partial charge in [-0.05, 0) is 49.0 Å². The van der Waals surface area contributed by atoms with E-state index in [0.29, 0.717) is 12.2 Å². The van der Waals surface area contributed by atoms with Gasteiger partial charge in [-0.1, -0.05) is 73.3 Å². The Hall–Kier alpha value is -3.22. The first-order valence-electron chi connectivity index (χ1n) is 11.9. The number of allylic oxidation sites excluding steroid dienone is 3. The zero-order valence-electron chi connectivity index (χ0n) is 19.6. The van der Waals surface area contributed by atoms with Crippen LogP contribution < -0.4 is 5.32 Å². The van der Waals surface area contributed by atoms with Gasteiger partial charge in [0.2, 0.25) is 0 Å². The van der Waals surface area contributed by atoms with E-state index in [1.165, 1.54) is 6.08 Å². The maximum absolute atomic E-state index is 11.4. The molecule has 4 rings (SSSR count). The van der Waals surface area contributed by atoms with Crippen molar-refractivity contribution in [1.82, 2.24) is 5.32 Å². The highest BCUT2D eigenvalue weighted by Gasteiger charge is 2.50. The summed E-state index contributed by atoms with van der Waals surface area (Å²) in [5.41, 5.74) is 2.73. The summed E-state index contributed by atoms with van der Waals surface area (Å²) in [6.45, 7) is 5.97. The van der Waals surface area contributed by atoms with Gasteiger partial charge in [-0.15, -0.1) is 0 Å². The lowest BCUT2D eigenvalue weighted by molar-refractivity contribution is -0.421. The molecule has 2 aliphatic rings. The van der Waals surface area contributed by atoms with Crippen molar-refractivity contribution in [2.75, 3.05) is 6.54 Å². The van der Waals surface area contributed by atoms with Crippen LogP contribution >= 0.6 is 0 Å². The molecule has 1 heterocycles. The lowest BCUT2D eigenvalue weighted by atomic mass is 9.84. The smallest absolute Gasteiger partial charge is 0.288 e. The monoisotopic (exact) mass is 460 g/mol. The number of ether oxygens (including phenoxy) is 2. The van der Waals surface area contributed by atoms with E-state index >= 15 is 0 Å². The van der Waals surface area contributed by atoms with E-state index in [0.717, 1.165) is 36.8 Å². The first-order valence-corrected chi connectivity index (χ1v) is 11.9. The van der Waals surface area contributed by atoms with Crippen LogP contribution in [0.3, 0.4) is 0 Å². The highest BCUT2D eigenvalue weighted by Crippen LogP contribution is 2.52. The van der Waals surface area contributed by atoms with E-state index in [4.69, 9.17) is 9.47 Å². The van der Waals surface area contributed by atoms with Gasteiger partial charge in [0.15, 0.2) is 5.79 Å². The molecule has 6 nitrogen and oxygen atoms in total. The van der Waals surface area contributed by atoms with Gasteiger partial charge in [0.1, 0.15) is 17.9 Å². The molecule has 6 heteroatoms. The molecule has 0 aromatic heterocycles. The Kier molecular flexibility index (Phi) is 7.60. The molecule has 34 heavy (non-hydrogen) atoms. The van der Waals surface area contributed by atoms with Crippen LogP contribution in [-0.4, -0.2) is 17.3 Å². The Labute approximate surface area is 201 Å². The Morgan fingerprint density at radius 2 is 1.71 bits per heavy atom. The topological polar surface area (TPSA) is 73.6 Å². The third kappa shape index (κ3) is 5.29. The molecule has 0 unspecified atom stereocenters. The van der Waals surface area contributed by atoms with E-state index in [9.17, 15) is 10.1 Å². The molecule has 0 amide bonds. The Morgan fingerprint density at radius 3 is 2.21 bits per heavy atom. The summed E-state index contributed by atoms with van der Waals surface area (Å²) in [4.78, 5) is 11.1. The molecule has 1 saturated carbocycles. The summed E-state index contributed by atoms with van der Waals surface area (Å²) in [5.74, 6) is -0.404. The van der Waals surface area contributed by atoms with Crippen molar-refractivity contribution in [3.8, 4) is 0 Å². The van der Waals surface area contributed by atoms with Gasteiger partial charge < -0.3 is 14.8 Å². The lowest BCUT2D eigenvalue weighted by Gasteiger charge is -2.37. The summed E-state index contributed by atoms with van der Waals surface area (Å²) in [7, 11) is 0. The predicted molar refractivity (Wildman–Crippen MR) is 132 cm³/mol. The molecule has 0 bridgehead atoms. The van der Waals surface area contributed by atoms with Crippen molar-refractivity contribution < 1.29 is 14.4 Å². The molecule has 1 N–H and O–H groups in total. The minimum atomic E-state index is -0.666. The second kappa shape index (κ2) is 10.8. The molecule has 178 valence electrons. The SMILES string of the molecule is C=C/C=C(NC[C@H]1CCCC2(C1)O[C@H](c1ccccc1)[C@@H](c1ccccc1)O2)\C(=C/C)[N+](=O)[O-]. The predicted octanol–water partition coefficient (Wildman–Crippen LogP) is 6.24. The number of hydrogen-bond donors (Lipinski definition) is 1. The van der Waals surface area contributed by atoms with Gasteiger partial charge in [-0.25, -0.2) is 0 Å². The Bertz CT molecular complexity index is 1000. The zero-order chi connectivity index (χ0) is 24.0. The molecule has 1 aliphatic heterocycles. The van der Waals surface area contributed by atoms with Crippen molar-refractivity contribution in [1.29, 1.82) is 0 Å². The van der Waals surface area contributed by atoms with Crippen LogP contribution in [0, 0.1) is 16.0 Å². The third-order valence-electron chi connectivity index (χ3n) is 6.60. The third-order valence-corrected chi connectivity index (χ3v) is 6.60. The Balaban J connectivity index is 1.52. The summed E-state index contributed by atoms with van der Waals surface area (Å²) >= 11 is 0. The lowest BCUT2D eigenvalue weighted by Crippen LogP contribution is -2.40. The molecule has 3 atom stereocenters. The molecular weight excluding hydrogens is 428 g/mol. The maximum Gasteiger partial charge on any atom is 0.288 e. The highest BCUT2D eigenvalue weighted by molar-refractivity contribution is 5.28. The summed E-state index contributed by atoms with van der Waals surface area (Å²) in [5, 5.41) is 14.7. The van der Waals surface area contributed by atoms with Crippen LogP contribution in [-0.2, 0) is 9.47 Å². The standard InChI is InChI=1S/C28H32N2O4/c1-3-12-24(25(4-2)30(31)32)29-20-21-13-11-18-28(19-21)33-26(22-14-7-5-8-15-22)27(34-28)23-16-9-6-10-17-23/h3-10,12,14-17,21,26-27,29H,1,11,13,18-20H2,2H3/b24-12+,25-4+/t21-,26+,27+/m0/s1. The minimum Gasteiger partial charge on any atom is -0.379 e. The summed E-state index contributed by atoms with van der Waals surface area (Å²) in [6, 6.07) is 20.5. The van der Waals surface area contributed by atoms with Crippen molar-refractivity contribution in [3.63, 3.8) is 0 Å². The summed E-state index contributed by atoms with van der Waals surface area (Å²) < 4.78 is 13.5. The fourth-order valence-electron chi connectivity index (χ4n) is 5.04. The number of hydrogen-bond acceptors (Lipinski definition) is 5. The van der Waals surface area contributed by atoms with Gasteiger partial charge in [0.25, 0.3) is 5.70 Å². The zero-order valence-corrected chi connectivity index (χ0v) is 19.6.